The second-order valence-corrected chi connectivity index (χ2v) is 5.67. The maximum absolute atomic E-state index is 12.1. The van der Waals surface area contributed by atoms with E-state index in [0.717, 1.165) is 12.0 Å². The molecule has 8 heteroatoms. The van der Waals surface area contributed by atoms with E-state index in [1.54, 1.807) is 16.7 Å². The number of aromatic amines is 1. The average molecular weight is 355 g/mol. The molecule has 1 amide bonds. The largest absolute Gasteiger partial charge is 0.382 e. The Morgan fingerprint density at radius 3 is 2.87 bits per heavy atom. The zero-order valence-electron chi connectivity index (χ0n) is 12.8. The van der Waals surface area contributed by atoms with Gasteiger partial charge in [0.15, 0.2) is 10.6 Å². The number of ether oxygens (including phenoxy) is 1. The Labute approximate surface area is 144 Å². The molecule has 124 valence electrons. The molecule has 0 saturated heterocycles. The van der Waals surface area contributed by atoms with E-state index < -0.39 is 0 Å². The van der Waals surface area contributed by atoms with Crippen molar-refractivity contribution in [2.24, 2.45) is 0 Å². The van der Waals surface area contributed by atoms with Crippen LogP contribution >= 0.6 is 23.8 Å². The molecule has 2 N–H and O–H groups in total. The number of amides is 1. The van der Waals surface area contributed by atoms with Crippen LogP contribution in [-0.4, -0.2) is 40.4 Å². The van der Waals surface area contributed by atoms with Gasteiger partial charge in [-0.2, -0.15) is 5.10 Å². The van der Waals surface area contributed by atoms with Crippen LogP contribution < -0.4 is 5.32 Å². The normalized spacial score (nSPS) is 10.7. The van der Waals surface area contributed by atoms with Crippen LogP contribution in [0.5, 0.6) is 0 Å². The lowest BCUT2D eigenvalue weighted by molar-refractivity contribution is -0.121. The monoisotopic (exact) mass is 354 g/mol. The Morgan fingerprint density at radius 1 is 1.43 bits per heavy atom. The van der Waals surface area contributed by atoms with E-state index in [-0.39, 0.29) is 12.5 Å². The van der Waals surface area contributed by atoms with Crippen LogP contribution in [0, 0.1) is 4.77 Å². The Hall–Kier alpha value is -1.70. The highest BCUT2D eigenvalue weighted by Gasteiger charge is 2.12. The lowest BCUT2D eigenvalue weighted by Gasteiger charge is -2.08. The van der Waals surface area contributed by atoms with Gasteiger partial charge in [0.1, 0.15) is 6.54 Å². The molecule has 1 aromatic heterocycles. The van der Waals surface area contributed by atoms with Gasteiger partial charge in [0.05, 0.1) is 0 Å². The summed E-state index contributed by atoms with van der Waals surface area (Å²) in [5, 5.41) is 10.4. The van der Waals surface area contributed by atoms with Crippen LogP contribution in [0.2, 0.25) is 5.02 Å². The van der Waals surface area contributed by atoms with Gasteiger partial charge >= 0.3 is 0 Å². The van der Waals surface area contributed by atoms with E-state index in [1.165, 1.54) is 0 Å². The van der Waals surface area contributed by atoms with Gasteiger partial charge in [-0.25, -0.2) is 0 Å². The van der Waals surface area contributed by atoms with Crippen molar-refractivity contribution in [3.05, 3.63) is 34.1 Å². The SMILES string of the molecule is CCOCCCNC(=O)Cn1c(-c2ccc(Cl)cc2)n[nH]c1=S. The highest BCUT2D eigenvalue weighted by Crippen LogP contribution is 2.19. The second-order valence-electron chi connectivity index (χ2n) is 4.85. The third kappa shape index (κ3) is 5.16. The quantitative estimate of drug-likeness (QED) is 0.565. The summed E-state index contributed by atoms with van der Waals surface area (Å²) in [6.07, 6.45) is 0.778. The summed E-state index contributed by atoms with van der Waals surface area (Å²) < 4.78 is 7.29. The number of benzene rings is 1. The molecule has 0 aliphatic rings. The summed E-state index contributed by atoms with van der Waals surface area (Å²) in [6.45, 7) is 3.94. The molecular weight excluding hydrogens is 336 g/mol. The van der Waals surface area contributed by atoms with Gasteiger partial charge in [0.2, 0.25) is 5.91 Å². The molecule has 2 rings (SSSR count). The number of rotatable bonds is 8. The van der Waals surface area contributed by atoms with Crippen molar-refractivity contribution in [1.29, 1.82) is 0 Å². The van der Waals surface area contributed by atoms with E-state index in [4.69, 9.17) is 28.6 Å². The van der Waals surface area contributed by atoms with Crippen LogP contribution in [-0.2, 0) is 16.1 Å². The van der Waals surface area contributed by atoms with Crippen LogP contribution in [0.15, 0.2) is 24.3 Å². The molecule has 6 nitrogen and oxygen atoms in total. The minimum atomic E-state index is -0.116. The molecule has 0 atom stereocenters. The van der Waals surface area contributed by atoms with Crippen LogP contribution in [0.4, 0.5) is 0 Å². The molecule has 0 saturated carbocycles. The first-order valence-electron chi connectivity index (χ1n) is 7.37. The first kappa shape index (κ1) is 17.7. The van der Waals surface area contributed by atoms with E-state index in [9.17, 15) is 4.79 Å². The van der Waals surface area contributed by atoms with Crippen molar-refractivity contribution in [2.45, 2.75) is 19.9 Å². The van der Waals surface area contributed by atoms with E-state index in [0.29, 0.717) is 35.4 Å². The summed E-state index contributed by atoms with van der Waals surface area (Å²) in [7, 11) is 0. The van der Waals surface area contributed by atoms with E-state index in [2.05, 4.69) is 15.5 Å². The zero-order valence-corrected chi connectivity index (χ0v) is 14.4. The number of halogens is 1. The smallest absolute Gasteiger partial charge is 0.240 e. The molecule has 0 unspecified atom stereocenters. The molecule has 23 heavy (non-hydrogen) atoms. The fraction of sp³-hybridized carbons (Fsp3) is 0.400. The van der Waals surface area contributed by atoms with E-state index >= 15 is 0 Å². The number of nitrogens with zero attached hydrogens (tertiary/aromatic N) is 2. The molecule has 0 aliphatic carbocycles. The Kier molecular flexibility index (Phi) is 6.76. The number of carbonyl (C=O) groups excluding carboxylic acids is 1. The van der Waals surface area contributed by atoms with Crippen LogP contribution in [0.1, 0.15) is 13.3 Å². The summed E-state index contributed by atoms with van der Waals surface area (Å²) >= 11 is 11.1. The van der Waals surface area contributed by atoms with Crippen molar-refractivity contribution in [3.8, 4) is 11.4 Å². The maximum atomic E-state index is 12.1. The Bertz CT molecular complexity index is 696. The van der Waals surface area contributed by atoms with Gasteiger partial charge < -0.3 is 10.1 Å². The first-order valence-corrected chi connectivity index (χ1v) is 8.16. The molecule has 1 heterocycles. The lowest BCUT2D eigenvalue weighted by atomic mass is 10.2. The summed E-state index contributed by atoms with van der Waals surface area (Å²) in [5.41, 5.74) is 0.839. The number of nitrogens with one attached hydrogen (secondary N) is 2. The van der Waals surface area contributed by atoms with Crippen molar-refractivity contribution < 1.29 is 9.53 Å². The minimum absolute atomic E-state index is 0.113. The third-order valence-corrected chi connectivity index (χ3v) is 3.72. The second kappa shape index (κ2) is 8.81. The fourth-order valence-corrected chi connectivity index (χ4v) is 2.35. The predicted molar refractivity (Wildman–Crippen MR) is 92.0 cm³/mol. The van der Waals surface area contributed by atoms with Crippen LogP contribution in [0.3, 0.4) is 0 Å². The van der Waals surface area contributed by atoms with Crippen molar-refractivity contribution in [3.63, 3.8) is 0 Å². The van der Waals surface area contributed by atoms with Crippen molar-refractivity contribution in [2.75, 3.05) is 19.8 Å². The Morgan fingerprint density at radius 2 is 2.17 bits per heavy atom. The molecule has 0 fully saturated rings. The highest BCUT2D eigenvalue weighted by atomic mass is 35.5. The summed E-state index contributed by atoms with van der Waals surface area (Å²) in [5.74, 6) is 0.491. The minimum Gasteiger partial charge on any atom is -0.382 e. The number of H-pyrrole nitrogens is 1. The maximum Gasteiger partial charge on any atom is 0.240 e. The lowest BCUT2D eigenvalue weighted by Crippen LogP contribution is -2.29. The van der Waals surface area contributed by atoms with Gasteiger partial charge in [-0.05, 0) is 49.8 Å². The zero-order chi connectivity index (χ0) is 16.7. The van der Waals surface area contributed by atoms with Gasteiger partial charge in [-0.1, -0.05) is 11.6 Å². The van der Waals surface area contributed by atoms with Crippen molar-refractivity contribution in [1.82, 2.24) is 20.1 Å². The molecular formula is C15H19ClN4O2S. The third-order valence-electron chi connectivity index (χ3n) is 3.15. The highest BCUT2D eigenvalue weighted by molar-refractivity contribution is 7.71. The predicted octanol–water partition coefficient (Wildman–Crippen LogP) is 2.80. The first-order chi connectivity index (χ1) is 11.1. The van der Waals surface area contributed by atoms with Gasteiger partial charge in [0, 0.05) is 30.3 Å². The topological polar surface area (TPSA) is 71.9 Å². The number of aromatic nitrogens is 3. The van der Waals surface area contributed by atoms with Gasteiger partial charge in [-0.3, -0.25) is 14.5 Å². The Balaban J connectivity index is 2.00. The molecule has 0 radical (unpaired) electrons. The van der Waals surface area contributed by atoms with Gasteiger partial charge in [-0.15, -0.1) is 0 Å². The summed E-state index contributed by atoms with van der Waals surface area (Å²) in [6, 6.07) is 7.22. The van der Waals surface area contributed by atoms with Crippen molar-refractivity contribution >= 4 is 29.7 Å². The number of hydrogen-bond acceptors (Lipinski definition) is 4. The van der Waals surface area contributed by atoms with Gasteiger partial charge in [0.25, 0.3) is 0 Å². The average Bonchev–Trinajstić information content (AvgIpc) is 2.89. The fourth-order valence-electron chi connectivity index (χ4n) is 2.03. The molecule has 0 aliphatic heterocycles. The van der Waals surface area contributed by atoms with E-state index in [1.807, 2.05) is 19.1 Å². The molecule has 1 aromatic carbocycles. The molecule has 0 spiro atoms. The standard InChI is InChI=1S/C15H19ClN4O2S/c1-2-22-9-3-8-17-13(21)10-20-14(18-19-15(20)23)11-4-6-12(16)7-5-11/h4-7H,2-3,8-10H2,1H3,(H,17,21)(H,19,23). The molecule has 0 bridgehead atoms. The van der Waals surface area contributed by atoms with Crippen LogP contribution in [0.25, 0.3) is 11.4 Å². The number of hydrogen-bond donors (Lipinski definition) is 2. The number of carbonyl (C=O) groups is 1. The summed E-state index contributed by atoms with van der Waals surface area (Å²) in [4.78, 5) is 12.1. The molecule has 2 aromatic rings.